The van der Waals surface area contributed by atoms with E-state index < -0.39 is 18.4 Å². The number of benzene rings is 1. The van der Waals surface area contributed by atoms with Gasteiger partial charge in [0.15, 0.2) is 0 Å². The van der Waals surface area contributed by atoms with Crippen LogP contribution < -0.4 is 0 Å². The summed E-state index contributed by atoms with van der Waals surface area (Å²) in [5.74, 6) is -0.0667. The normalized spacial score (nSPS) is 24.0. The van der Waals surface area contributed by atoms with E-state index in [4.69, 9.17) is 4.74 Å². The van der Waals surface area contributed by atoms with Gasteiger partial charge in [-0.25, -0.2) is 4.79 Å². The van der Waals surface area contributed by atoms with Crippen LogP contribution in [0, 0.1) is 0 Å². The quantitative estimate of drug-likeness (QED) is 0.920. The Hall–Kier alpha value is -2.08. The van der Waals surface area contributed by atoms with Crippen LogP contribution in [0.1, 0.15) is 37.7 Å². The molecule has 2 aliphatic rings. The Morgan fingerprint density at radius 2 is 1.79 bits per heavy atom. The van der Waals surface area contributed by atoms with Gasteiger partial charge in [0.25, 0.3) is 0 Å². The minimum absolute atomic E-state index is 0.0667. The number of rotatable bonds is 3. The van der Waals surface area contributed by atoms with Crippen LogP contribution in [0.25, 0.3) is 0 Å². The zero-order valence-electron chi connectivity index (χ0n) is 13.8. The van der Waals surface area contributed by atoms with Crippen molar-refractivity contribution in [3.63, 3.8) is 0 Å². The maximum absolute atomic E-state index is 12.7. The Labute approximate surface area is 142 Å². The third-order valence-electron chi connectivity index (χ3n) is 4.72. The number of aliphatic hydroxyl groups excluding tert-OH is 1. The molecule has 24 heavy (non-hydrogen) atoms. The number of likely N-dealkylation sites (tertiary alicyclic amines) is 2. The molecule has 2 fully saturated rings. The minimum Gasteiger partial charge on any atom is -0.444 e. The Balaban J connectivity index is 1.62. The summed E-state index contributed by atoms with van der Waals surface area (Å²) in [6.07, 6.45) is 2.45. The molecule has 1 aromatic carbocycles. The van der Waals surface area contributed by atoms with Gasteiger partial charge in [-0.15, -0.1) is 0 Å². The van der Waals surface area contributed by atoms with Gasteiger partial charge in [-0.2, -0.15) is 0 Å². The van der Waals surface area contributed by atoms with Gasteiger partial charge in [-0.3, -0.25) is 9.69 Å². The minimum atomic E-state index is -0.952. The summed E-state index contributed by atoms with van der Waals surface area (Å²) >= 11 is 0. The number of aliphatic hydroxyl groups is 1. The second kappa shape index (κ2) is 7.66. The highest BCUT2D eigenvalue weighted by molar-refractivity contribution is 5.86. The van der Waals surface area contributed by atoms with Crippen molar-refractivity contribution in [2.24, 2.45) is 0 Å². The molecule has 2 heterocycles. The number of hydrogen-bond acceptors (Lipinski definition) is 4. The summed E-state index contributed by atoms with van der Waals surface area (Å²) in [6.45, 7) is 1.60. The zero-order chi connectivity index (χ0) is 16.9. The van der Waals surface area contributed by atoms with E-state index in [1.807, 2.05) is 35.2 Å². The van der Waals surface area contributed by atoms with Gasteiger partial charge < -0.3 is 14.7 Å². The molecule has 0 aromatic heterocycles. The molecule has 1 N–H and O–H groups in total. The molecule has 2 saturated heterocycles. The van der Waals surface area contributed by atoms with Crippen molar-refractivity contribution in [2.45, 2.75) is 51.0 Å². The molecule has 0 radical (unpaired) electrons. The van der Waals surface area contributed by atoms with E-state index in [-0.39, 0.29) is 12.5 Å². The fourth-order valence-electron chi connectivity index (χ4n) is 3.40. The van der Waals surface area contributed by atoms with Gasteiger partial charge in [0.1, 0.15) is 18.9 Å². The van der Waals surface area contributed by atoms with Gasteiger partial charge in [0.2, 0.25) is 5.91 Å². The molecule has 2 amide bonds. The molecule has 0 aliphatic carbocycles. The van der Waals surface area contributed by atoms with Crippen molar-refractivity contribution in [1.29, 1.82) is 0 Å². The lowest BCUT2D eigenvalue weighted by Crippen LogP contribution is -2.51. The number of nitrogens with zero attached hydrogens (tertiary/aromatic N) is 2. The third-order valence-corrected chi connectivity index (χ3v) is 4.72. The first-order valence-electron chi connectivity index (χ1n) is 8.62. The highest BCUT2D eigenvalue weighted by Gasteiger charge is 2.42. The molecule has 6 nitrogen and oxygen atoms in total. The molecule has 0 spiro atoms. The van der Waals surface area contributed by atoms with E-state index in [0.29, 0.717) is 12.8 Å². The first-order valence-corrected chi connectivity index (χ1v) is 8.62. The van der Waals surface area contributed by atoms with Crippen molar-refractivity contribution in [3.05, 3.63) is 35.9 Å². The van der Waals surface area contributed by atoms with Crippen molar-refractivity contribution in [3.8, 4) is 0 Å². The number of amides is 2. The highest BCUT2D eigenvalue weighted by Crippen LogP contribution is 2.26. The molecule has 0 bridgehead atoms. The third kappa shape index (κ3) is 3.70. The molecule has 1 aromatic rings. The summed E-state index contributed by atoms with van der Waals surface area (Å²) in [5.41, 5.74) is 0.874. The van der Waals surface area contributed by atoms with Crippen molar-refractivity contribution >= 4 is 12.0 Å². The van der Waals surface area contributed by atoms with Crippen LogP contribution in [-0.4, -0.2) is 52.3 Å². The number of carbonyl (C=O) groups is 2. The Bertz CT molecular complexity index is 572. The highest BCUT2D eigenvalue weighted by atomic mass is 16.6. The van der Waals surface area contributed by atoms with E-state index in [1.165, 1.54) is 4.90 Å². The second-order valence-corrected chi connectivity index (χ2v) is 6.41. The van der Waals surface area contributed by atoms with E-state index in [0.717, 1.165) is 37.9 Å². The molecule has 0 saturated carbocycles. The molecule has 3 rings (SSSR count). The lowest BCUT2D eigenvalue weighted by atomic mass is 10.1. The average molecular weight is 332 g/mol. The standard InChI is InChI=1S/C18H24N2O4/c21-16-10-9-15(17(22)19-11-5-2-6-12-19)20(16)18(23)24-13-14-7-3-1-4-8-14/h1,3-4,7-8,15-16,21H,2,5-6,9-13H2/t15-,16?/m0/s1. The number of piperidine rings is 1. The monoisotopic (exact) mass is 332 g/mol. The molecule has 2 aliphatic heterocycles. The smallest absolute Gasteiger partial charge is 0.412 e. The van der Waals surface area contributed by atoms with Gasteiger partial charge in [0.05, 0.1) is 0 Å². The van der Waals surface area contributed by atoms with Crippen LogP contribution in [0.4, 0.5) is 4.79 Å². The molecule has 6 heteroatoms. The first kappa shape index (κ1) is 16.8. The van der Waals surface area contributed by atoms with E-state index in [2.05, 4.69) is 0 Å². The summed E-state index contributed by atoms with van der Waals surface area (Å²) < 4.78 is 5.31. The Morgan fingerprint density at radius 1 is 1.08 bits per heavy atom. The van der Waals surface area contributed by atoms with Crippen molar-refractivity contribution in [1.82, 2.24) is 9.80 Å². The van der Waals surface area contributed by atoms with E-state index >= 15 is 0 Å². The predicted molar refractivity (Wildman–Crippen MR) is 87.9 cm³/mol. The van der Waals surface area contributed by atoms with Gasteiger partial charge in [0, 0.05) is 13.1 Å². The summed E-state index contributed by atoms with van der Waals surface area (Å²) in [5, 5.41) is 10.1. The van der Waals surface area contributed by atoms with Gasteiger partial charge >= 0.3 is 6.09 Å². The largest absolute Gasteiger partial charge is 0.444 e. The van der Waals surface area contributed by atoms with Crippen molar-refractivity contribution < 1.29 is 19.4 Å². The summed E-state index contributed by atoms with van der Waals surface area (Å²) in [4.78, 5) is 28.1. The predicted octanol–water partition coefficient (Wildman–Crippen LogP) is 2.12. The Kier molecular flexibility index (Phi) is 5.35. The van der Waals surface area contributed by atoms with E-state index in [1.54, 1.807) is 0 Å². The van der Waals surface area contributed by atoms with Crippen LogP contribution in [0.2, 0.25) is 0 Å². The SMILES string of the molecule is O=C([C@@H]1CCC(O)N1C(=O)OCc1ccccc1)N1CCCCC1. The average Bonchev–Trinajstić information content (AvgIpc) is 3.02. The topological polar surface area (TPSA) is 70.1 Å². The zero-order valence-corrected chi connectivity index (χ0v) is 13.8. The van der Waals surface area contributed by atoms with Crippen LogP contribution in [0.5, 0.6) is 0 Å². The molecular formula is C18H24N2O4. The fraction of sp³-hybridized carbons (Fsp3) is 0.556. The van der Waals surface area contributed by atoms with Gasteiger partial charge in [-0.1, -0.05) is 30.3 Å². The van der Waals surface area contributed by atoms with Crippen LogP contribution in [0.15, 0.2) is 30.3 Å². The lowest BCUT2D eigenvalue weighted by Gasteiger charge is -2.33. The first-order chi connectivity index (χ1) is 11.7. The van der Waals surface area contributed by atoms with Crippen LogP contribution in [-0.2, 0) is 16.1 Å². The maximum Gasteiger partial charge on any atom is 0.412 e. The number of carbonyl (C=O) groups excluding carboxylic acids is 2. The fourth-order valence-corrected chi connectivity index (χ4v) is 3.40. The number of hydrogen-bond donors (Lipinski definition) is 1. The second-order valence-electron chi connectivity index (χ2n) is 6.41. The maximum atomic E-state index is 12.7. The number of ether oxygens (including phenoxy) is 1. The molecular weight excluding hydrogens is 308 g/mol. The van der Waals surface area contributed by atoms with Crippen LogP contribution in [0.3, 0.4) is 0 Å². The molecule has 1 unspecified atom stereocenters. The Morgan fingerprint density at radius 3 is 2.50 bits per heavy atom. The molecule has 130 valence electrons. The molecule has 2 atom stereocenters. The van der Waals surface area contributed by atoms with Gasteiger partial charge in [-0.05, 0) is 37.7 Å². The van der Waals surface area contributed by atoms with Crippen LogP contribution >= 0.6 is 0 Å². The summed E-state index contributed by atoms with van der Waals surface area (Å²) in [6, 6.07) is 8.76. The summed E-state index contributed by atoms with van der Waals surface area (Å²) in [7, 11) is 0. The van der Waals surface area contributed by atoms with E-state index in [9.17, 15) is 14.7 Å². The lowest BCUT2D eigenvalue weighted by molar-refractivity contribution is -0.138. The van der Waals surface area contributed by atoms with Crippen molar-refractivity contribution in [2.75, 3.05) is 13.1 Å².